The fourth-order valence-electron chi connectivity index (χ4n) is 1.85. The summed E-state index contributed by atoms with van der Waals surface area (Å²) in [7, 11) is 0. The molecule has 0 heterocycles. The van der Waals surface area contributed by atoms with Gasteiger partial charge in [-0.2, -0.15) is 0 Å². The van der Waals surface area contributed by atoms with E-state index in [0.29, 0.717) is 11.1 Å². The van der Waals surface area contributed by atoms with Crippen LogP contribution in [-0.2, 0) is 6.42 Å². The minimum Gasteiger partial charge on any atom is -0.204 e. The van der Waals surface area contributed by atoms with Gasteiger partial charge in [0.05, 0.1) is 0 Å². The van der Waals surface area contributed by atoms with Crippen LogP contribution in [0.1, 0.15) is 5.56 Å². The summed E-state index contributed by atoms with van der Waals surface area (Å²) in [4.78, 5) is 0. The zero-order valence-electron chi connectivity index (χ0n) is 9.59. The van der Waals surface area contributed by atoms with Crippen molar-refractivity contribution < 1.29 is 13.2 Å². The average molecular weight is 248 g/mol. The molecule has 0 nitrogen and oxygen atoms in total. The molecule has 3 heteroatoms. The summed E-state index contributed by atoms with van der Waals surface area (Å²) < 4.78 is 40.3. The lowest BCUT2D eigenvalue weighted by Gasteiger charge is -2.11. The van der Waals surface area contributed by atoms with E-state index in [2.05, 4.69) is 6.58 Å². The second-order valence-corrected chi connectivity index (χ2v) is 3.87. The largest absolute Gasteiger partial charge is 0.204 e. The summed E-state index contributed by atoms with van der Waals surface area (Å²) in [6, 6.07) is 9.77. The van der Waals surface area contributed by atoms with Gasteiger partial charge in [0.2, 0.25) is 0 Å². The zero-order chi connectivity index (χ0) is 13.1. The summed E-state index contributed by atoms with van der Waals surface area (Å²) in [6.45, 7) is 3.50. The maximum atomic E-state index is 13.7. The molecule has 0 saturated carbocycles. The number of halogens is 3. The van der Waals surface area contributed by atoms with Crippen LogP contribution < -0.4 is 0 Å². The summed E-state index contributed by atoms with van der Waals surface area (Å²) >= 11 is 0. The van der Waals surface area contributed by atoms with Crippen molar-refractivity contribution in [2.24, 2.45) is 0 Å². The van der Waals surface area contributed by atoms with Gasteiger partial charge in [0.15, 0.2) is 17.5 Å². The topological polar surface area (TPSA) is 0 Å². The van der Waals surface area contributed by atoms with Crippen LogP contribution in [0, 0.1) is 17.5 Å². The molecular formula is C15H11F3. The molecule has 0 bridgehead atoms. The molecule has 0 saturated heterocycles. The molecule has 18 heavy (non-hydrogen) atoms. The third kappa shape index (κ3) is 2.16. The number of hydrogen-bond acceptors (Lipinski definition) is 0. The third-order valence-electron chi connectivity index (χ3n) is 2.70. The van der Waals surface area contributed by atoms with Crippen LogP contribution in [0.2, 0.25) is 0 Å². The number of hydrogen-bond donors (Lipinski definition) is 0. The highest BCUT2D eigenvalue weighted by atomic mass is 19.2. The van der Waals surface area contributed by atoms with Gasteiger partial charge in [-0.05, 0) is 23.6 Å². The Balaban J connectivity index is 2.69. The fourth-order valence-corrected chi connectivity index (χ4v) is 1.85. The van der Waals surface area contributed by atoms with Crippen molar-refractivity contribution in [3.63, 3.8) is 0 Å². The third-order valence-corrected chi connectivity index (χ3v) is 2.70. The summed E-state index contributed by atoms with van der Waals surface area (Å²) in [5, 5.41) is 0. The second-order valence-electron chi connectivity index (χ2n) is 3.87. The molecule has 2 aromatic rings. The Kier molecular flexibility index (Phi) is 3.51. The number of benzene rings is 2. The Hall–Kier alpha value is -2.03. The fraction of sp³-hybridized carbons (Fsp3) is 0.0667. The average Bonchev–Trinajstić information content (AvgIpc) is 2.40. The van der Waals surface area contributed by atoms with Gasteiger partial charge >= 0.3 is 0 Å². The number of allylic oxidation sites excluding steroid dienone is 1. The molecule has 0 unspecified atom stereocenters. The molecule has 0 aromatic heterocycles. The molecule has 0 fully saturated rings. The summed E-state index contributed by atoms with van der Waals surface area (Å²) in [6.07, 6.45) is 1.61. The Bertz CT molecular complexity index is 574. The van der Waals surface area contributed by atoms with Crippen LogP contribution in [0.5, 0.6) is 0 Å². The SMILES string of the molecule is C=CCc1c(-c2ccccc2)cc(F)c(F)c1F. The van der Waals surface area contributed by atoms with Gasteiger partial charge in [0, 0.05) is 5.56 Å². The zero-order valence-corrected chi connectivity index (χ0v) is 9.59. The molecule has 0 aliphatic heterocycles. The quantitative estimate of drug-likeness (QED) is 0.554. The molecule has 0 spiro atoms. The normalized spacial score (nSPS) is 10.4. The first-order chi connectivity index (χ1) is 8.65. The highest BCUT2D eigenvalue weighted by molar-refractivity contribution is 5.68. The van der Waals surface area contributed by atoms with Gasteiger partial charge in [0.1, 0.15) is 0 Å². The van der Waals surface area contributed by atoms with Crippen molar-refractivity contribution in [3.8, 4) is 11.1 Å². The Morgan fingerprint density at radius 3 is 2.28 bits per heavy atom. The van der Waals surface area contributed by atoms with Gasteiger partial charge in [-0.15, -0.1) is 6.58 Å². The standard InChI is InChI=1S/C15H11F3/c1-2-6-11-12(10-7-4-3-5-8-10)9-13(16)15(18)14(11)17/h2-5,7-9H,1,6H2. The molecule has 0 N–H and O–H groups in total. The van der Waals surface area contributed by atoms with Crippen LogP contribution >= 0.6 is 0 Å². The van der Waals surface area contributed by atoms with Gasteiger partial charge < -0.3 is 0 Å². The van der Waals surface area contributed by atoms with E-state index in [9.17, 15) is 13.2 Å². The van der Waals surface area contributed by atoms with Crippen molar-refractivity contribution in [3.05, 3.63) is 72.1 Å². The van der Waals surface area contributed by atoms with Crippen molar-refractivity contribution in [1.29, 1.82) is 0 Å². The van der Waals surface area contributed by atoms with E-state index < -0.39 is 17.5 Å². The summed E-state index contributed by atoms with van der Waals surface area (Å²) in [5.74, 6) is -3.76. The first-order valence-electron chi connectivity index (χ1n) is 5.48. The molecule has 0 amide bonds. The van der Waals surface area contributed by atoms with E-state index in [1.807, 2.05) is 0 Å². The van der Waals surface area contributed by atoms with Crippen molar-refractivity contribution in [2.75, 3.05) is 0 Å². The van der Waals surface area contributed by atoms with E-state index in [-0.39, 0.29) is 12.0 Å². The van der Waals surface area contributed by atoms with Crippen molar-refractivity contribution in [2.45, 2.75) is 6.42 Å². The highest BCUT2D eigenvalue weighted by Gasteiger charge is 2.18. The lowest BCUT2D eigenvalue weighted by Crippen LogP contribution is -2.00. The van der Waals surface area contributed by atoms with Crippen LogP contribution in [-0.4, -0.2) is 0 Å². The van der Waals surface area contributed by atoms with E-state index in [4.69, 9.17) is 0 Å². The number of rotatable bonds is 3. The first-order valence-corrected chi connectivity index (χ1v) is 5.48. The van der Waals surface area contributed by atoms with Crippen LogP contribution in [0.4, 0.5) is 13.2 Å². The van der Waals surface area contributed by atoms with E-state index in [0.717, 1.165) is 6.07 Å². The second kappa shape index (κ2) is 5.08. The predicted molar refractivity (Wildman–Crippen MR) is 65.7 cm³/mol. The van der Waals surface area contributed by atoms with Gasteiger partial charge in [-0.3, -0.25) is 0 Å². The molecular weight excluding hydrogens is 237 g/mol. The van der Waals surface area contributed by atoms with Crippen molar-refractivity contribution in [1.82, 2.24) is 0 Å². The molecule has 2 aromatic carbocycles. The Labute approximate surface area is 103 Å². The molecule has 0 radical (unpaired) electrons. The Morgan fingerprint density at radius 1 is 1.00 bits per heavy atom. The van der Waals surface area contributed by atoms with E-state index in [1.165, 1.54) is 6.08 Å². The van der Waals surface area contributed by atoms with Crippen molar-refractivity contribution >= 4 is 0 Å². The van der Waals surface area contributed by atoms with E-state index >= 15 is 0 Å². The van der Waals surface area contributed by atoms with Gasteiger partial charge in [-0.25, -0.2) is 13.2 Å². The maximum absolute atomic E-state index is 13.7. The van der Waals surface area contributed by atoms with Gasteiger partial charge in [-0.1, -0.05) is 36.4 Å². The maximum Gasteiger partial charge on any atom is 0.194 e. The Morgan fingerprint density at radius 2 is 1.67 bits per heavy atom. The molecule has 92 valence electrons. The highest BCUT2D eigenvalue weighted by Crippen LogP contribution is 2.29. The lowest BCUT2D eigenvalue weighted by molar-refractivity contribution is 0.443. The minimum atomic E-state index is -1.44. The van der Waals surface area contributed by atoms with E-state index in [1.54, 1.807) is 30.3 Å². The first kappa shape index (κ1) is 12.4. The molecule has 0 atom stereocenters. The monoisotopic (exact) mass is 248 g/mol. The predicted octanol–water partition coefficient (Wildman–Crippen LogP) is 4.50. The lowest BCUT2D eigenvalue weighted by atomic mass is 9.96. The summed E-state index contributed by atoms with van der Waals surface area (Å²) in [5.41, 5.74) is 1.12. The molecule has 0 aliphatic rings. The van der Waals surface area contributed by atoms with Gasteiger partial charge in [0.25, 0.3) is 0 Å². The smallest absolute Gasteiger partial charge is 0.194 e. The minimum absolute atomic E-state index is 0.120. The van der Waals surface area contributed by atoms with Crippen LogP contribution in [0.3, 0.4) is 0 Å². The van der Waals surface area contributed by atoms with Crippen LogP contribution in [0.25, 0.3) is 11.1 Å². The molecule has 0 aliphatic carbocycles. The van der Waals surface area contributed by atoms with Crippen LogP contribution in [0.15, 0.2) is 49.1 Å². The molecule has 2 rings (SSSR count).